The Bertz CT molecular complexity index is 730. The Morgan fingerprint density at radius 2 is 1.89 bits per heavy atom. The van der Waals surface area contributed by atoms with E-state index in [-0.39, 0.29) is 17.3 Å². The second-order valence-corrected chi connectivity index (χ2v) is 8.46. The van der Waals surface area contributed by atoms with Crippen LogP contribution in [0.5, 0.6) is 0 Å². The molecular weight excluding hydrogens is 340 g/mol. The van der Waals surface area contributed by atoms with Gasteiger partial charge in [0.2, 0.25) is 5.78 Å². The Morgan fingerprint density at radius 3 is 2.37 bits per heavy atom. The van der Waals surface area contributed by atoms with Crippen molar-refractivity contribution in [3.8, 4) is 0 Å². The molecule has 2 saturated heterocycles. The van der Waals surface area contributed by atoms with Crippen molar-refractivity contribution < 1.29 is 19.1 Å². The second-order valence-electron chi connectivity index (χ2n) is 8.46. The fraction of sp³-hybridized carbons (Fsp3) is 0.565. The standard InChI is InChI=1S/C23H32O4/c1-8-18(22(5,6)7)14-15(2)12-10-9-11-13-16(3)19(24)23-20(27-23)17(4)26-21(23)25/h8,10,12-14,17,20H,9,11H2,1-7H3/t17-,20-,23-/m0/s1. The lowest BCUT2D eigenvalue weighted by Gasteiger charge is -2.20. The first-order valence-corrected chi connectivity index (χ1v) is 9.66. The van der Waals surface area contributed by atoms with Crippen molar-refractivity contribution in [3.63, 3.8) is 0 Å². The molecule has 2 aliphatic heterocycles. The lowest BCUT2D eigenvalue weighted by molar-refractivity contribution is -0.155. The first-order valence-electron chi connectivity index (χ1n) is 9.66. The zero-order valence-corrected chi connectivity index (χ0v) is 17.6. The van der Waals surface area contributed by atoms with Gasteiger partial charge in [0.25, 0.3) is 5.60 Å². The van der Waals surface area contributed by atoms with Gasteiger partial charge in [-0.05, 0) is 57.1 Å². The van der Waals surface area contributed by atoms with E-state index in [1.807, 2.05) is 6.08 Å². The topological polar surface area (TPSA) is 55.9 Å². The van der Waals surface area contributed by atoms with Crippen molar-refractivity contribution in [1.82, 2.24) is 0 Å². The summed E-state index contributed by atoms with van der Waals surface area (Å²) in [5, 5.41) is 0. The van der Waals surface area contributed by atoms with E-state index in [0.717, 1.165) is 12.8 Å². The van der Waals surface area contributed by atoms with Gasteiger partial charge in [-0.1, -0.05) is 56.7 Å². The van der Waals surface area contributed by atoms with Crippen LogP contribution in [0.25, 0.3) is 0 Å². The van der Waals surface area contributed by atoms with Crippen molar-refractivity contribution in [2.75, 3.05) is 0 Å². The summed E-state index contributed by atoms with van der Waals surface area (Å²) in [6, 6.07) is 0. The molecule has 0 aromatic heterocycles. The lowest BCUT2D eigenvalue weighted by Crippen LogP contribution is -2.33. The Labute approximate surface area is 163 Å². The summed E-state index contributed by atoms with van der Waals surface area (Å²) in [4.78, 5) is 24.5. The predicted octanol–water partition coefficient (Wildman–Crippen LogP) is 4.86. The number of cyclic esters (lactones) is 1. The number of unbranched alkanes of at least 4 members (excludes halogenated alkanes) is 1. The predicted molar refractivity (Wildman–Crippen MR) is 107 cm³/mol. The van der Waals surface area contributed by atoms with Gasteiger partial charge < -0.3 is 9.47 Å². The Balaban J connectivity index is 1.88. The van der Waals surface area contributed by atoms with Crippen LogP contribution in [0, 0.1) is 5.41 Å². The van der Waals surface area contributed by atoms with Gasteiger partial charge >= 0.3 is 5.97 Å². The number of carbonyl (C=O) groups is 2. The summed E-state index contributed by atoms with van der Waals surface area (Å²) in [6.07, 6.45) is 11.2. The highest BCUT2D eigenvalue weighted by Crippen LogP contribution is 2.48. The molecule has 0 N–H and O–H groups in total. The second kappa shape index (κ2) is 7.97. The molecule has 2 fully saturated rings. The molecule has 0 radical (unpaired) electrons. The van der Waals surface area contributed by atoms with E-state index >= 15 is 0 Å². The van der Waals surface area contributed by atoms with Gasteiger partial charge in [-0.3, -0.25) is 4.79 Å². The third-order valence-electron chi connectivity index (χ3n) is 5.10. The number of hydrogen-bond acceptors (Lipinski definition) is 4. The van der Waals surface area contributed by atoms with Crippen LogP contribution in [-0.2, 0) is 19.1 Å². The van der Waals surface area contributed by atoms with Crippen LogP contribution >= 0.6 is 0 Å². The van der Waals surface area contributed by atoms with Crippen molar-refractivity contribution in [2.24, 2.45) is 5.41 Å². The van der Waals surface area contributed by atoms with E-state index in [4.69, 9.17) is 9.47 Å². The third kappa shape index (κ3) is 4.49. The molecular formula is C23H32O4. The summed E-state index contributed by atoms with van der Waals surface area (Å²) < 4.78 is 10.5. The van der Waals surface area contributed by atoms with Crippen molar-refractivity contribution in [3.05, 3.63) is 47.1 Å². The van der Waals surface area contributed by atoms with E-state index in [1.54, 1.807) is 13.8 Å². The minimum atomic E-state index is -1.36. The Hall–Kier alpha value is -1.94. The van der Waals surface area contributed by atoms with Crippen molar-refractivity contribution in [1.29, 1.82) is 0 Å². The summed E-state index contributed by atoms with van der Waals surface area (Å²) >= 11 is 0. The highest BCUT2D eigenvalue weighted by atomic mass is 16.7. The third-order valence-corrected chi connectivity index (χ3v) is 5.10. The van der Waals surface area contributed by atoms with Crippen LogP contribution < -0.4 is 0 Å². The lowest BCUT2D eigenvalue weighted by atomic mass is 9.85. The van der Waals surface area contributed by atoms with Crippen LogP contribution in [0.2, 0.25) is 0 Å². The quantitative estimate of drug-likeness (QED) is 0.160. The van der Waals surface area contributed by atoms with Gasteiger partial charge in [0, 0.05) is 0 Å². The molecule has 27 heavy (non-hydrogen) atoms. The molecule has 0 aliphatic carbocycles. The molecule has 0 amide bonds. The average molecular weight is 373 g/mol. The number of allylic oxidation sites excluding steroid dienone is 7. The minimum absolute atomic E-state index is 0.130. The molecule has 0 saturated carbocycles. The van der Waals surface area contributed by atoms with Crippen LogP contribution in [0.15, 0.2) is 47.1 Å². The molecule has 0 bridgehead atoms. The molecule has 3 atom stereocenters. The van der Waals surface area contributed by atoms with Gasteiger partial charge in [0.05, 0.1) is 0 Å². The molecule has 2 heterocycles. The zero-order valence-electron chi connectivity index (χ0n) is 17.6. The van der Waals surface area contributed by atoms with E-state index in [1.165, 1.54) is 11.1 Å². The van der Waals surface area contributed by atoms with Gasteiger partial charge in [-0.25, -0.2) is 4.79 Å². The summed E-state index contributed by atoms with van der Waals surface area (Å²) in [5.41, 5.74) is 1.84. The normalized spacial score (nSPS) is 29.1. The summed E-state index contributed by atoms with van der Waals surface area (Å²) in [6.45, 7) is 14.3. The molecule has 0 aromatic carbocycles. The van der Waals surface area contributed by atoms with Crippen LogP contribution in [0.3, 0.4) is 0 Å². The molecule has 0 aromatic rings. The number of carbonyl (C=O) groups excluding carboxylic acids is 2. The highest BCUT2D eigenvalue weighted by molar-refractivity contribution is 6.19. The van der Waals surface area contributed by atoms with Crippen molar-refractivity contribution in [2.45, 2.75) is 79.1 Å². The zero-order chi connectivity index (χ0) is 20.4. The SMILES string of the molecule is CC=C(C=C(C)C=CCCC=C(C)C(=O)[C@]12O[C@H]1[C@H](C)OC2=O)C(C)(C)C. The molecule has 0 unspecified atom stereocenters. The first-order chi connectivity index (χ1) is 12.5. The summed E-state index contributed by atoms with van der Waals surface area (Å²) in [5.74, 6) is -0.804. The fourth-order valence-corrected chi connectivity index (χ4v) is 3.43. The Morgan fingerprint density at radius 1 is 1.22 bits per heavy atom. The highest BCUT2D eigenvalue weighted by Gasteiger charge is 2.76. The largest absolute Gasteiger partial charge is 0.457 e. The van der Waals surface area contributed by atoms with Crippen LogP contribution in [-0.4, -0.2) is 29.6 Å². The summed E-state index contributed by atoms with van der Waals surface area (Å²) in [7, 11) is 0. The van der Waals surface area contributed by atoms with Crippen molar-refractivity contribution >= 4 is 11.8 Å². The maximum absolute atomic E-state index is 12.6. The molecule has 148 valence electrons. The van der Waals surface area contributed by atoms with Gasteiger partial charge in [-0.15, -0.1) is 0 Å². The molecule has 0 spiro atoms. The van der Waals surface area contributed by atoms with E-state index < -0.39 is 17.7 Å². The molecule has 2 rings (SSSR count). The molecule has 2 aliphatic rings. The number of Topliss-reactive ketones (excluding diaryl/α,β-unsaturated/α-hetero) is 1. The van der Waals surface area contributed by atoms with Gasteiger partial charge in [0.1, 0.15) is 12.2 Å². The number of hydrogen-bond donors (Lipinski definition) is 0. The van der Waals surface area contributed by atoms with E-state index in [9.17, 15) is 9.59 Å². The number of ketones is 1. The Kier molecular flexibility index (Phi) is 6.31. The minimum Gasteiger partial charge on any atom is -0.457 e. The van der Waals surface area contributed by atoms with Gasteiger partial charge in [-0.2, -0.15) is 0 Å². The first kappa shape index (κ1) is 21.4. The number of esters is 1. The number of epoxide rings is 1. The molecule has 4 heteroatoms. The molecule has 4 nitrogen and oxygen atoms in total. The van der Waals surface area contributed by atoms with E-state index in [0.29, 0.717) is 5.57 Å². The van der Waals surface area contributed by atoms with Crippen LogP contribution in [0.4, 0.5) is 0 Å². The fourth-order valence-electron chi connectivity index (χ4n) is 3.43. The maximum Gasteiger partial charge on any atom is 0.350 e. The number of ether oxygens (including phenoxy) is 2. The number of fused-ring (bicyclic) bond motifs is 1. The average Bonchev–Trinajstić information content (AvgIpc) is 3.29. The number of rotatable bonds is 7. The van der Waals surface area contributed by atoms with E-state index in [2.05, 4.69) is 58.9 Å². The monoisotopic (exact) mass is 372 g/mol. The van der Waals surface area contributed by atoms with Crippen LogP contribution in [0.1, 0.15) is 61.3 Å². The smallest absolute Gasteiger partial charge is 0.350 e. The maximum atomic E-state index is 12.6. The van der Waals surface area contributed by atoms with Gasteiger partial charge in [0.15, 0.2) is 0 Å².